The molecule has 1 fully saturated rings. The first-order chi connectivity index (χ1) is 16.3. The van der Waals surface area contributed by atoms with E-state index in [0.29, 0.717) is 37.3 Å². The van der Waals surface area contributed by atoms with Gasteiger partial charge in [-0.3, -0.25) is 13.9 Å². The van der Waals surface area contributed by atoms with Gasteiger partial charge in [-0.1, -0.05) is 25.6 Å². The summed E-state index contributed by atoms with van der Waals surface area (Å²) in [6.07, 6.45) is 1.72. The number of likely N-dealkylation sites (tertiary alicyclic amines) is 1. The molecule has 2 aromatic carbocycles. The monoisotopic (exact) mass is 468 g/mol. The molecule has 0 unspecified atom stereocenters. The minimum absolute atomic E-state index is 0.0818. The maximum atomic E-state index is 13.8. The number of rotatable bonds is 7. The van der Waals surface area contributed by atoms with Crippen LogP contribution in [0.1, 0.15) is 33.1 Å². The third-order valence-electron chi connectivity index (χ3n) is 6.53. The summed E-state index contributed by atoms with van der Waals surface area (Å²) in [6, 6.07) is 11.2. The molecule has 4 rings (SSSR count). The molecule has 8 heteroatoms. The van der Waals surface area contributed by atoms with Crippen molar-refractivity contribution in [1.82, 2.24) is 14.0 Å². The number of imidazole rings is 1. The molecule has 0 radical (unpaired) electrons. The standard InChI is InChI=1S/C26H30F2N4O2/c1-4-25(33)32(20-9-10-21(27)22(28)17-20)19-11-13-29(14-12-19)15-16-30-23-7-5-6-8-24(23)31(18(2)3)26(30)34/h5-10,17,19H,2,4,11-16H2,1,3H3. The summed E-state index contributed by atoms with van der Waals surface area (Å²) >= 11 is 0. The summed E-state index contributed by atoms with van der Waals surface area (Å²) in [5.74, 6) is -1.99. The molecule has 1 amide bonds. The minimum Gasteiger partial charge on any atom is -0.309 e. The molecule has 1 aliphatic rings. The fraction of sp³-hybridized carbons (Fsp3) is 0.385. The number of fused-ring (bicyclic) bond motifs is 1. The van der Waals surface area contributed by atoms with Gasteiger partial charge in [-0.2, -0.15) is 0 Å². The van der Waals surface area contributed by atoms with E-state index in [9.17, 15) is 18.4 Å². The van der Waals surface area contributed by atoms with Crippen LogP contribution >= 0.6 is 0 Å². The lowest BCUT2D eigenvalue weighted by atomic mass is 10.0. The van der Waals surface area contributed by atoms with Crippen LogP contribution < -0.4 is 10.6 Å². The molecule has 0 spiro atoms. The molecule has 0 bridgehead atoms. The number of benzene rings is 2. The number of para-hydroxylation sites is 2. The first kappa shape index (κ1) is 23.9. The number of anilines is 1. The average Bonchev–Trinajstić information content (AvgIpc) is 3.12. The van der Waals surface area contributed by atoms with Crippen molar-refractivity contribution in [2.24, 2.45) is 0 Å². The molecule has 180 valence electrons. The van der Waals surface area contributed by atoms with E-state index < -0.39 is 11.6 Å². The number of piperidine rings is 1. The van der Waals surface area contributed by atoms with Crippen molar-refractivity contribution in [3.63, 3.8) is 0 Å². The lowest BCUT2D eigenvalue weighted by Crippen LogP contribution is -2.48. The highest BCUT2D eigenvalue weighted by Gasteiger charge is 2.29. The van der Waals surface area contributed by atoms with Gasteiger partial charge in [-0.15, -0.1) is 0 Å². The van der Waals surface area contributed by atoms with Gasteiger partial charge in [-0.25, -0.2) is 13.6 Å². The maximum Gasteiger partial charge on any atom is 0.333 e. The zero-order valence-corrected chi connectivity index (χ0v) is 19.6. The number of amides is 1. The SMILES string of the molecule is C=C(C)n1c(=O)n(CCN2CCC(N(C(=O)CC)c3ccc(F)c(F)c3)CC2)c2ccccc21. The summed E-state index contributed by atoms with van der Waals surface area (Å²) < 4.78 is 30.7. The molecular weight excluding hydrogens is 438 g/mol. The van der Waals surface area contributed by atoms with Crippen LogP contribution in [0.25, 0.3) is 16.7 Å². The Labute approximate surface area is 197 Å². The molecular formula is C26H30F2N4O2. The van der Waals surface area contributed by atoms with Gasteiger partial charge in [0.1, 0.15) is 0 Å². The van der Waals surface area contributed by atoms with Crippen LogP contribution in [-0.2, 0) is 11.3 Å². The van der Waals surface area contributed by atoms with E-state index >= 15 is 0 Å². The number of aromatic nitrogens is 2. The van der Waals surface area contributed by atoms with Gasteiger partial charge >= 0.3 is 5.69 Å². The fourth-order valence-corrected chi connectivity index (χ4v) is 4.80. The van der Waals surface area contributed by atoms with Crippen LogP contribution in [0.4, 0.5) is 14.5 Å². The second-order valence-electron chi connectivity index (χ2n) is 8.78. The third kappa shape index (κ3) is 4.55. The van der Waals surface area contributed by atoms with E-state index in [0.717, 1.165) is 36.3 Å². The van der Waals surface area contributed by atoms with Gasteiger partial charge in [0.15, 0.2) is 11.6 Å². The van der Waals surface area contributed by atoms with Crippen LogP contribution in [0.5, 0.6) is 0 Å². The van der Waals surface area contributed by atoms with Crippen molar-refractivity contribution in [1.29, 1.82) is 0 Å². The summed E-state index contributed by atoms with van der Waals surface area (Å²) in [5.41, 5.74) is 2.70. The number of halogens is 2. The van der Waals surface area contributed by atoms with E-state index in [-0.39, 0.29) is 24.1 Å². The number of hydrogen-bond donors (Lipinski definition) is 0. The number of carbonyl (C=O) groups is 1. The fourth-order valence-electron chi connectivity index (χ4n) is 4.80. The van der Waals surface area contributed by atoms with E-state index in [1.807, 2.05) is 31.2 Å². The van der Waals surface area contributed by atoms with Gasteiger partial charge in [0.2, 0.25) is 5.91 Å². The van der Waals surface area contributed by atoms with Crippen LogP contribution in [-0.4, -0.2) is 45.6 Å². The average molecular weight is 469 g/mol. The number of carbonyl (C=O) groups excluding carboxylic acids is 1. The van der Waals surface area contributed by atoms with Crippen LogP contribution in [0.15, 0.2) is 53.8 Å². The molecule has 1 aliphatic heterocycles. The van der Waals surface area contributed by atoms with Gasteiger partial charge < -0.3 is 9.80 Å². The number of allylic oxidation sites excluding steroid dienone is 1. The zero-order chi connectivity index (χ0) is 24.4. The number of nitrogens with zero attached hydrogens (tertiary/aromatic N) is 4. The second kappa shape index (κ2) is 9.93. The first-order valence-electron chi connectivity index (χ1n) is 11.7. The summed E-state index contributed by atoms with van der Waals surface area (Å²) in [5, 5.41) is 0. The van der Waals surface area contributed by atoms with E-state index in [2.05, 4.69) is 11.5 Å². The zero-order valence-electron chi connectivity index (χ0n) is 19.6. The first-order valence-corrected chi connectivity index (χ1v) is 11.7. The normalized spacial score (nSPS) is 15.1. The van der Waals surface area contributed by atoms with E-state index in [1.165, 1.54) is 6.07 Å². The Morgan fingerprint density at radius 2 is 1.74 bits per heavy atom. The molecule has 0 atom stereocenters. The van der Waals surface area contributed by atoms with Crippen molar-refractivity contribution in [2.75, 3.05) is 24.5 Å². The maximum absolute atomic E-state index is 13.8. The Bertz CT molecular complexity index is 1270. The highest BCUT2D eigenvalue weighted by Crippen LogP contribution is 2.26. The van der Waals surface area contributed by atoms with Crippen molar-refractivity contribution < 1.29 is 13.6 Å². The smallest absolute Gasteiger partial charge is 0.309 e. The topological polar surface area (TPSA) is 50.5 Å². The molecule has 3 aromatic rings. The molecule has 34 heavy (non-hydrogen) atoms. The lowest BCUT2D eigenvalue weighted by molar-refractivity contribution is -0.119. The second-order valence-corrected chi connectivity index (χ2v) is 8.78. The molecule has 6 nitrogen and oxygen atoms in total. The van der Waals surface area contributed by atoms with E-state index in [1.54, 1.807) is 21.0 Å². The molecule has 1 saturated heterocycles. The summed E-state index contributed by atoms with van der Waals surface area (Å²) in [4.78, 5) is 29.6. The highest BCUT2D eigenvalue weighted by atomic mass is 19.2. The Kier molecular flexibility index (Phi) is 6.97. The molecule has 2 heterocycles. The van der Waals surface area contributed by atoms with Crippen LogP contribution in [0.3, 0.4) is 0 Å². The summed E-state index contributed by atoms with van der Waals surface area (Å²) in [7, 11) is 0. The van der Waals surface area contributed by atoms with Crippen molar-refractivity contribution >= 4 is 28.3 Å². The Morgan fingerprint density at radius 1 is 1.06 bits per heavy atom. The Hall–Kier alpha value is -3.26. The summed E-state index contributed by atoms with van der Waals surface area (Å²) in [6.45, 7) is 10.3. The van der Waals surface area contributed by atoms with E-state index in [4.69, 9.17) is 0 Å². The molecule has 1 aromatic heterocycles. The van der Waals surface area contributed by atoms with Crippen LogP contribution in [0, 0.1) is 11.6 Å². The van der Waals surface area contributed by atoms with Crippen molar-refractivity contribution in [3.8, 4) is 0 Å². The minimum atomic E-state index is -0.955. The van der Waals surface area contributed by atoms with Gasteiger partial charge in [0.05, 0.1) is 11.0 Å². The molecule has 0 saturated carbocycles. The number of hydrogen-bond acceptors (Lipinski definition) is 3. The highest BCUT2D eigenvalue weighted by molar-refractivity contribution is 5.93. The molecule has 0 N–H and O–H groups in total. The predicted octanol–water partition coefficient (Wildman–Crippen LogP) is 4.48. The van der Waals surface area contributed by atoms with Gasteiger partial charge in [0.25, 0.3) is 0 Å². The van der Waals surface area contributed by atoms with Crippen molar-refractivity contribution in [2.45, 2.75) is 45.7 Å². The largest absolute Gasteiger partial charge is 0.333 e. The molecule has 0 aliphatic carbocycles. The Balaban J connectivity index is 1.45. The third-order valence-corrected chi connectivity index (χ3v) is 6.53. The lowest BCUT2D eigenvalue weighted by Gasteiger charge is -2.38. The van der Waals surface area contributed by atoms with Gasteiger partial charge in [0, 0.05) is 56.1 Å². The predicted molar refractivity (Wildman–Crippen MR) is 131 cm³/mol. The Morgan fingerprint density at radius 3 is 2.35 bits per heavy atom. The van der Waals surface area contributed by atoms with Crippen molar-refractivity contribution in [3.05, 3.63) is 71.2 Å². The quantitative estimate of drug-likeness (QED) is 0.514. The van der Waals surface area contributed by atoms with Gasteiger partial charge in [-0.05, 0) is 44.0 Å². The van der Waals surface area contributed by atoms with Crippen LogP contribution in [0.2, 0.25) is 0 Å².